The number of benzene rings is 3. The molecule has 2 saturated heterocycles. The van der Waals surface area contributed by atoms with Crippen LogP contribution in [0.15, 0.2) is 78.9 Å². The van der Waals surface area contributed by atoms with Gasteiger partial charge in [0.1, 0.15) is 0 Å². The minimum Gasteiger partial charge on any atom is -0.397 e. The van der Waals surface area contributed by atoms with Gasteiger partial charge in [-0.15, -0.1) is 0 Å². The van der Waals surface area contributed by atoms with Crippen molar-refractivity contribution in [2.75, 3.05) is 36.1 Å². The first kappa shape index (κ1) is 26.9. The lowest BCUT2D eigenvalue weighted by atomic mass is 9.92. The minimum absolute atomic E-state index is 0.0493. The maximum atomic E-state index is 13.4. The Kier molecular flexibility index (Phi) is 8.61. The number of halogens is 1. The van der Waals surface area contributed by atoms with E-state index in [1.807, 2.05) is 36.4 Å². The van der Waals surface area contributed by atoms with Crippen molar-refractivity contribution in [2.45, 2.75) is 37.3 Å². The van der Waals surface area contributed by atoms with Crippen LogP contribution in [-0.4, -0.2) is 48.6 Å². The molecule has 0 radical (unpaired) electrons. The van der Waals surface area contributed by atoms with E-state index in [1.165, 1.54) is 6.08 Å². The van der Waals surface area contributed by atoms with Crippen molar-refractivity contribution >= 4 is 46.6 Å². The molecule has 3 aromatic rings. The molecule has 5 rings (SSSR count). The summed E-state index contributed by atoms with van der Waals surface area (Å²) in [4.78, 5) is 28.2. The molecule has 0 saturated carbocycles. The van der Waals surface area contributed by atoms with Gasteiger partial charge < -0.3 is 21.1 Å². The molecule has 7 nitrogen and oxygen atoms in total. The van der Waals surface area contributed by atoms with Gasteiger partial charge in [-0.2, -0.15) is 0 Å². The van der Waals surface area contributed by atoms with Crippen LogP contribution in [0.3, 0.4) is 0 Å². The standard InChI is InChI=1S/C31H33ClN4O3/c32-23-12-14-24(15-13-23)34-31(38)27(4-3-17-36-19-26-18-25(36)20-39-26)22-10-7-21(8-11-22)9-16-30(37)35-29-6-2-1-5-28(29)33/h1-2,5-16,25-27H,3-4,17-20,33H2,(H,34,38)(H,35,37)/b16-9+/t25-,26-,27?/m0/s1. The molecule has 39 heavy (non-hydrogen) atoms. The van der Waals surface area contributed by atoms with Crippen LogP contribution in [0.25, 0.3) is 6.08 Å². The Morgan fingerprint density at radius 2 is 1.82 bits per heavy atom. The molecule has 0 spiro atoms. The highest BCUT2D eigenvalue weighted by Crippen LogP contribution is 2.30. The van der Waals surface area contributed by atoms with E-state index in [0.29, 0.717) is 34.2 Å². The van der Waals surface area contributed by atoms with E-state index in [0.717, 1.165) is 50.1 Å². The summed E-state index contributed by atoms with van der Waals surface area (Å²) in [6.45, 7) is 2.76. The molecule has 202 valence electrons. The predicted octanol–water partition coefficient (Wildman–Crippen LogP) is 5.55. The zero-order valence-electron chi connectivity index (χ0n) is 21.7. The van der Waals surface area contributed by atoms with Crippen LogP contribution in [0.2, 0.25) is 5.02 Å². The number of hydrogen-bond acceptors (Lipinski definition) is 5. The van der Waals surface area contributed by atoms with Crippen molar-refractivity contribution in [1.29, 1.82) is 0 Å². The maximum Gasteiger partial charge on any atom is 0.248 e. The van der Waals surface area contributed by atoms with Gasteiger partial charge in [0.25, 0.3) is 0 Å². The molecular formula is C31H33ClN4O3. The van der Waals surface area contributed by atoms with Crippen LogP contribution < -0.4 is 16.4 Å². The lowest BCUT2D eigenvalue weighted by molar-refractivity contribution is -0.117. The molecule has 2 amide bonds. The number of nitrogens with two attached hydrogens (primary N) is 1. The number of likely N-dealkylation sites (tertiary alicyclic amines) is 1. The summed E-state index contributed by atoms with van der Waals surface area (Å²) in [6, 6.07) is 22.6. The molecule has 2 aliphatic heterocycles. The van der Waals surface area contributed by atoms with Gasteiger partial charge >= 0.3 is 0 Å². The van der Waals surface area contributed by atoms with Gasteiger partial charge in [-0.3, -0.25) is 14.5 Å². The van der Waals surface area contributed by atoms with E-state index >= 15 is 0 Å². The van der Waals surface area contributed by atoms with Crippen LogP contribution in [-0.2, 0) is 14.3 Å². The second-order valence-electron chi connectivity index (χ2n) is 10.1. The first-order chi connectivity index (χ1) is 18.9. The third kappa shape index (κ3) is 7.06. The first-order valence-corrected chi connectivity index (χ1v) is 13.7. The zero-order valence-corrected chi connectivity index (χ0v) is 22.4. The fraction of sp³-hybridized carbons (Fsp3) is 0.290. The largest absolute Gasteiger partial charge is 0.397 e. The molecule has 0 aromatic heterocycles. The molecule has 1 unspecified atom stereocenters. The number of amides is 2. The maximum absolute atomic E-state index is 13.4. The third-order valence-electron chi connectivity index (χ3n) is 7.36. The van der Waals surface area contributed by atoms with Gasteiger partial charge in [0.2, 0.25) is 11.8 Å². The Morgan fingerprint density at radius 1 is 1.05 bits per heavy atom. The number of nitrogens with one attached hydrogen (secondary N) is 2. The Labute approximate surface area is 234 Å². The number of anilines is 3. The number of para-hydroxylation sites is 2. The average molecular weight is 545 g/mol. The van der Waals surface area contributed by atoms with Crippen molar-refractivity contribution in [3.63, 3.8) is 0 Å². The number of rotatable bonds is 10. The van der Waals surface area contributed by atoms with Gasteiger partial charge in [0.15, 0.2) is 0 Å². The topological polar surface area (TPSA) is 96.7 Å². The highest BCUT2D eigenvalue weighted by molar-refractivity contribution is 6.30. The molecule has 3 aromatic carbocycles. The summed E-state index contributed by atoms with van der Waals surface area (Å²) in [5, 5.41) is 6.45. The Balaban J connectivity index is 1.24. The lowest BCUT2D eigenvalue weighted by Crippen LogP contribution is -2.37. The number of ether oxygens (including phenoxy) is 1. The van der Waals surface area contributed by atoms with Crippen molar-refractivity contribution in [1.82, 2.24) is 4.90 Å². The number of carbonyl (C=O) groups excluding carboxylic acids is 2. The number of nitrogens with zero attached hydrogens (tertiary/aromatic N) is 1. The molecule has 2 bridgehead atoms. The van der Waals surface area contributed by atoms with Gasteiger partial charge in [-0.25, -0.2) is 0 Å². The predicted molar refractivity (Wildman–Crippen MR) is 157 cm³/mol. The van der Waals surface area contributed by atoms with Crippen LogP contribution >= 0.6 is 11.6 Å². The van der Waals surface area contributed by atoms with Gasteiger partial charge in [-0.05, 0) is 79.4 Å². The van der Waals surface area contributed by atoms with Crippen molar-refractivity contribution in [3.8, 4) is 0 Å². The summed E-state index contributed by atoms with van der Waals surface area (Å²) in [6.07, 6.45) is 6.33. The second kappa shape index (κ2) is 12.5. The third-order valence-corrected chi connectivity index (χ3v) is 7.62. The van der Waals surface area contributed by atoms with E-state index in [9.17, 15) is 9.59 Å². The highest BCUT2D eigenvalue weighted by atomic mass is 35.5. The summed E-state index contributed by atoms with van der Waals surface area (Å²) < 4.78 is 5.72. The van der Waals surface area contributed by atoms with Crippen molar-refractivity contribution in [3.05, 3.63) is 95.0 Å². The number of morpholine rings is 1. The molecule has 2 fully saturated rings. The van der Waals surface area contributed by atoms with Gasteiger partial charge in [-0.1, -0.05) is 48.0 Å². The molecular weight excluding hydrogens is 512 g/mol. The summed E-state index contributed by atoms with van der Waals surface area (Å²) >= 11 is 6.01. The van der Waals surface area contributed by atoms with E-state index in [4.69, 9.17) is 22.1 Å². The Hall–Kier alpha value is -3.65. The van der Waals surface area contributed by atoms with E-state index < -0.39 is 0 Å². The number of fused-ring (bicyclic) bond motifs is 2. The van der Waals surface area contributed by atoms with Crippen LogP contribution in [0.5, 0.6) is 0 Å². The Bertz CT molecular complexity index is 1330. The van der Waals surface area contributed by atoms with Gasteiger partial charge in [0, 0.05) is 29.4 Å². The first-order valence-electron chi connectivity index (χ1n) is 13.3. The normalized spacial score (nSPS) is 19.3. The lowest BCUT2D eigenvalue weighted by Gasteiger charge is -2.27. The average Bonchev–Trinajstić information content (AvgIpc) is 3.57. The van der Waals surface area contributed by atoms with Crippen LogP contribution in [0.4, 0.5) is 17.1 Å². The number of hydrogen-bond donors (Lipinski definition) is 3. The van der Waals surface area contributed by atoms with Crippen molar-refractivity contribution in [2.24, 2.45) is 0 Å². The Morgan fingerprint density at radius 3 is 2.51 bits per heavy atom. The molecule has 4 N–H and O–H groups in total. The quantitative estimate of drug-likeness (QED) is 0.230. The summed E-state index contributed by atoms with van der Waals surface area (Å²) in [5.74, 6) is -0.621. The van der Waals surface area contributed by atoms with Crippen LogP contribution in [0.1, 0.15) is 36.3 Å². The van der Waals surface area contributed by atoms with Gasteiger partial charge in [0.05, 0.1) is 30.0 Å². The van der Waals surface area contributed by atoms with E-state index in [-0.39, 0.29) is 17.7 Å². The van der Waals surface area contributed by atoms with E-state index in [2.05, 4.69) is 15.5 Å². The fourth-order valence-electron chi connectivity index (χ4n) is 5.26. The number of carbonyl (C=O) groups is 2. The highest BCUT2D eigenvalue weighted by Gasteiger charge is 2.38. The zero-order chi connectivity index (χ0) is 27.2. The fourth-order valence-corrected chi connectivity index (χ4v) is 5.39. The van der Waals surface area contributed by atoms with Crippen LogP contribution in [0, 0.1) is 0 Å². The molecule has 2 heterocycles. The smallest absolute Gasteiger partial charge is 0.248 e. The van der Waals surface area contributed by atoms with Crippen molar-refractivity contribution < 1.29 is 14.3 Å². The molecule has 2 aliphatic rings. The molecule has 8 heteroatoms. The number of nitrogen functional groups attached to an aromatic ring is 1. The monoisotopic (exact) mass is 544 g/mol. The SMILES string of the molecule is Nc1ccccc1NC(=O)/C=C/c1ccc(C(CCCN2C[C@@H]3C[C@H]2CO3)C(=O)Nc2ccc(Cl)cc2)cc1. The second-order valence-corrected chi connectivity index (χ2v) is 10.5. The summed E-state index contributed by atoms with van der Waals surface area (Å²) in [5.41, 5.74) is 9.50. The summed E-state index contributed by atoms with van der Waals surface area (Å²) in [7, 11) is 0. The molecule has 0 aliphatic carbocycles. The van der Waals surface area contributed by atoms with E-state index in [1.54, 1.807) is 42.5 Å². The molecule has 3 atom stereocenters. The minimum atomic E-state index is -0.306.